The molecule has 126 valence electrons. The van der Waals surface area contributed by atoms with Crippen molar-refractivity contribution in [2.75, 3.05) is 0 Å². The molecule has 1 heterocycles. The minimum absolute atomic E-state index is 0.0164. The fourth-order valence-corrected chi connectivity index (χ4v) is 2.48. The van der Waals surface area contributed by atoms with Gasteiger partial charge in [0, 0.05) is 9.86 Å². The zero-order valence-electron chi connectivity index (χ0n) is 12.7. The summed E-state index contributed by atoms with van der Waals surface area (Å²) in [5, 5.41) is 2.99. The van der Waals surface area contributed by atoms with Gasteiger partial charge in [-0.25, -0.2) is 4.79 Å². The number of carbonyl (C=O) groups is 1. The van der Waals surface area contributed by atoms with Gasteiger partial charge in [0.15, 0.2) is 0 Å². The standard InChI is InChI=1S/C15H15BrF3NO3/c1-14(2,3)23-13(21)20-7-9-4-8-5-11(16)10(15(17,18)19)6-12(8)22-9/h4-6H,7H2,1-3H3,(H,20,21). The lowest BCUT2D eigenvalue weighted by atomic mass is 10.1. The second-order valence-corrected chi connectivity index (χ2v) is 6.79. The monoisotopic (exact) mass is 393 g/mol. The average molecular weight is 394 g/mol. The highest BCUT2D eigenvalue weighted by Gasteiger charge is 2.33. The zero-order valence-corrected chi connectivity index (χ0v) is 14.3. The Hall–Kier alpha value is -1.70. The van der Waals surface area contributed by atoms with Gasteiger partial charge in [0.25, 0.3) is 0 Å². The summed E-state index contributed by atoms with van der Waals surface area (Å²) in [6, 6.07) is 3.83. The van der Waals surface area contributed by atoms with Gasteiger partial charge in [-0.3, -0.25) is 0 Å². The zero-order chi connectivity index (χ0) is 17.4. The van der Waals surface area contributed by atoms with Crippen LogP contribution in [0.2, 0.25) is 0 Å². The maximum absolute atomic E-state index is 12.8. The topological polar surface area (TPSA) is 51.5 Å². The van der Waals surface area contributed by atoms with Crippen LogP contribution in [0.3, 0.4) is 0 Å². The van der Waals surface area contributed by atoms with Crippen molar-refractivity contribution in [1.29, 1.82) is 0 Å². The molecule has 0 aliphatic carbocycles. The molecule has 1 aromatic heterocycles. The maximum atomic E-state index is 12.8. The molecule has 4 nitrogen and oxygen atoms in total. The van der Waals surface area contributed by atoms with Gasteiger partial charge in [-0.2, -0.15) is 13.2 Å². The Kier molecular flexibility index (Phi) is 4.66. The lowest BCUT2D eigenvalue weighted by Gasteiger charge is -2.19. The number of halogens is 4. The molecule has 0 fully saturated rings. The summed E-state index contributed by atoms with van der Waals surface area (Å²) in [7, 11) is 0. The maximum Gasteiger partial charge on any atom is 0.417 e. The van der Waals surface area contributed by atoms with E-state index in [9.17, 15) is 18.0 Å². The van der Waals surface area contributed by atoms with Crippen molar-refractivity contribution >= 4 is 33.0 Å². The lowest BCUT2D eigenvalue weighted by molar-refractivity contribution is -0.138. The molecule has 0 unspecified atom stereocenters. The van der Waals surface area contributed by atoms with Crippen LogP contribution in [-0.4, -0.2) is 11.7 Å². The van der Waals surface area contributed by atoms with Crippen LogP contribution in [0.1, 0.15) is 32.1 Å². The summed E-state index contributed by atoms with van der Waals surface area (Å²) in [5.41, 5.74) is -1.35. The van der Waals surface area contributed by atoms with Crippen molar-refractivity contribution in [3.63, 3.8) is 0 Å². The van der Waals surface area contributed by atoms with E-state index >= 15 is 0 Å². The van der Waals surface area contributed by atoms with E-state index in [2.05, 4.69) is 21.2 Å². The van der Waals surface area contributed by atoms with Crippen LogP contribution in [-0.2, 0) is 17.5 Å². The number of rotatable bonds is 2. The first-order chi connectivity index (χ1) is 10.5. The molecule has 0 aliphatic heterocycles. The molecule has 0 saturated carbocycles. The highest BCUT2D eigenvalue weighted by Crippen LogP contribution is 2.37. The third-order valence-corrected chi connectivity index (χ3v) is 3.42. The Morgan fingerprint density at radius 2 is 1.91 bits per heavy atom. The van der Waals surface area contributed by atoms with Gasteiger partial charge in [-0.15, -0.1) is 0 Å². The first-order valence-corrected chi connectivity index (χ1v) is 7.51. The highest BCUT2D eigenvalue weighted by atomic mass is 79.9. The van der Waals surface area contributed by atoms with E-state index in [0.29, 0.717) is 11.1 Å². The summed E-state index contributed by atoms with van der Waals surface area (Å²) in [5.74, 6) is 0.331. The number of alkyl halides is 3. The molecule has 1 amide bonds. The number of carbonyl (C=O) groups excluding carboxylic acids is 1. The van der Waals surface area contributed by atoms with E-state index in [-0.39, 0.29) is 16.6 Å². The first-order valence-electron chi connectivity index (χ1n) is 6.72. The Labute approximate surface area is 139 Å². The van der Waals surface area contributed by atoms with Crippen LogP contribution in [0.15, 0.2) is 27.1 Å². The quantitative estimate of drug-likeness (QED) is 0.758. The molecule has 23 heavy (non-hydrogen) atoms. The molecule has 0 atom stereocenters. The Morgan fingerprint density at radius 1 is 1.26 bits per heavy atom. The minimum Gasteiger partial charge on any atom is -0.459 e. The molecular weight excluding hydrogens is 379 g/mol. The van der Waals surface area contributed by atoms with E-state index in [1.807, 2.05) is 0 Å². The van der Waals surface area contributed by atoms with Crippen molar-refractivity contribution in [3.05, 3.63) is 34.0 Å². The first kappa shape index (κ1) is 17.7. The molecule has 0 radical (unpaired) electrons. The number of amides is 1. The lowest BCUT2D eigenvalue weighted by Crippen LogP contribution is -2.32. The summed E-state index contributed by atoms with van der Waals surface area (Å²) in [6.45, 7) is 5.19. The average Bonchev–Trinajstić information content (AvgIpc) is 2.73. The van der Waals surface area contributed by atoms with E-state index in [1.165, 1.54) is 6.07 Å². The summed E-state index contributed by atoms with van der Waals surface area (Å²) < 4.78 is 48.9. The molecule has 2 aromatic rings. The van der Waals surface area contributed by atoms with Gasteiger partial charge >= 0.3 is 12.3 Å². The third-order valence-electron chi connectivity index (χ3n) is 2.77. The third kappa shape index (κ3) is 4.63. The van der Waals surface area contributed by atoms with E-state index in [1.54, 1.807) is 26.8 Å². The van der Waals surface area contributed by atoms with Crippen LogP contribution < -0.4 is 5.32 Å². The molecule has 8 heteroatoms. The number of fused-ring (bicyclic) bond motifs is 1. The van der Waals surface area contributed by atoms with Gasteiger partial charge in [-0.05, 0) is 39.0 Å². The van der Waals surface area contributed by atoms with Crippen molar-refractivity contribution in [2.24, 2.45) is 0 Å². The summed E-state index contributed by atoms with van der Waals surface area (Å²) >= 11 is 2.91. The summed E-state index contributed by atoms with van der Waals surface area (Å²) in [4.78, 5) is 11.6. The molecular formula is C15H15BrF3NO3. The number of alkyl carbamates (subject to hydrolysis) is 1. The number of ether oxygens (including phenoxy) is 1. The second kappa shape index (κ2) is 6.07. The molecule has 1 aromatic carbocycles. The molecule has 0 bridgehead atoms. The van der Waals surface area contributed by atoms with Crippen LogP contribution in [0.25, 0.3) is 11.0 Å². The van der Waals surface area contributed by atoms with Crippen LogP contribution in [0.4, 0.5) is 18.0 Å². The predicted molar refractivity (Wildman–Crippen MR) is 82.0 cm³/mol. The normalized spacial score (nSPS) is 12.5. The fraction of sp³-hybridized carbons (Fsp3) is 0.400. The highest BCUT2D eigenvalue weighted by molar-refractivity contribution is 9.10. The predicted octanol–water partition coefficient (Wildman–Crippen LogP) is 5.24. The molecule has 2 rings (SSSR count). The molecule has 0 spiro atoms. The Balaban J connectivity index is 2.16. The Bertz CT molecular complexity index is 732. The fourth-order valence-electron chi connectivity index (χ4n) is 1.89. The number of nitrogens with one attached hydrogen (secondary N) is 1. The number of hydrogen-bond acceptors (Lipinski definition) is 3. The van der Waals surface area contributed by atoms with Gasteiger partial charge in [-0.1, -0.05) is 15.9 Å². The minimum atomic E-state index is -4.48. The van der Waals surface area contributed by atoms with E-state index < -0.39 is 23.4 Å². The van der Waals surface area contributed by atoms with E-state index in [0.717, 1.165) is 6.07 Å². The van der Waals surface area contributed by atoms with Gasteiger partial charge in [0.1, 0.15) is 16.9 Å². The smallest absolute Gasteiger partial charge is 0.417 e. The van der Waals surface area contributed by atoms with Gasteiger partial charge in [0.05, 0.1) is 12.1 Å². The SMILES string of the molecule is CC(C)(C)OC(=O)NCc1cc2cc(Br)c(C(F)(F)F)cc2o1. The van der Waals surface area contributed by atoms with Gasteiger partial charge < -0.3 is 14.5 Å². The van der Waals surface area contributed by atoms with Crippen LogP contribution in [0, 0.1) is 0 Å². The van der Waals surface area contributed by atoms with Crippen LogP contribution in [0.5, 0.6) is 0 Å². The number of hydrogen-bond donors (Lipinski definition) is 1. The van der Waals surface area contributed by atoms with Crippen molar-refractivity contribution in [3.8, 4) is 0 Å². The molecule has 0 aliphatic rings. The Morgan fingerprint density at radius 3 is 2.48 bits per heavy atom. The van der Waals surface area contributed by atoms with Crippen molar-refractivity contribution < 1.29 is 27.1 Å². The molecule has 1 N–H and O–H groups in total. The van der Waals surface area contributed by atoms with E-state index in [4.69, 9.17) is 9.15 Å². The van der Waals surface area contributed by atoms with Crippen molar-refractivity contribution in [2.45, 2.75) is 39.1 Å². The number of furan rings is 1. The largest absolute Gasteiger partial charge is 0.459 e. The number of benzene rings is 1. The van der Waals surface area contributed by atoms with Gasteiger partial charge in [0.2, 0.25) is 0 Å². The summed E-state index contributed by atoms with van der Waals surface area (Å²) in [6.07, 6.45) is -5.11. The van der Waals surface area contributed by atoms with Crippen LogP contribution >= 0.6 is 15.9 Å². The second-order valence-electron chi connectivity index (χ2n) is 5.94. The van der Waals surface area contributed by atoms with Crippen molar-refractivity contribution in [1.82, 2.24) is 5.32 Å². The molecule has 0 saturated heterocycles.